The van der Waals surface area contributed by atoms with E-state index < -0.39 is 0 Å². The van der Waals surface area contributed by atoms with E-state index in [1.165, 1.54) is 5.19 Å². The molecule has 0 aliphatic carbocycles. The van der Waals surface area contributed by atoms with Gasteiger partial charge in [-0.2, -0.15) is 0 Å². The molecule has 0 heterocycles. The van der Waals surface area contributed by atoms with E-state index >= 15 is 0 Å². The average molecular weight is 220 g/mol. The summed E-state index contributed by atoms with van der Waals surface area (Å²) < 4.78 is 10.3. The molecule has 80 valence electrons. The molecule has 3 heteroatoms. The first-order chi connectivity index (χ1) is 7.30. The van der Waals surface area contributed by atoms with Crippen molar-refractivity contribution in [3.8, 4) is 0 Å². The fourth-order valence-corrected chi connectivity index (χ4v) is 2.34. The summed E-state index contributed by atoms with van der Waals surface area (Å²) in [7, 11) is 4.04. The van der Waals surface area contributed by atoms with Crippen molar-refractivity contribution in [2.75, 3.05) is 14.2 Å². The van der Waals surface area contributed by atoms with Crippen molar-refractivity contribution in [1.82, 2.24) is 0 Å². The predicted octanol–water partition coefficient (Wildman–Crippen LogP) is 1.70. The average Bonchev–Trinajstić information content (AvgIpc) is 2.31. The molecule has 0 aliphatic rings. The van der Waals surface area contributed by atoms with E-state index in [0.29, 0.717) is 9.52 Å². The number of benzene rings is 1. The van der Waals surface area contributed by atoms with Crippen molar-refractivity contribution in [2.24, 2.45) is 0 Å². The Labute approximate surface area is 93.7 Å². The Balaban J connectivity index is 2.46. The topological polar surface area (TPSA) is 18.5 Å². The Morgan fingerprint density at radius 2 is 1.87 bits per heavy atom. The maximum Gasteiger partial charge on any atom is 0.154 e. The highest BCUT2D eigenvalue weighted by atomic mass is 28.2. The normalized spacial score (nSPS) is 10.6. The minimum Gasteiger partial charge on any atom is -0.356 e. The van der Waals surface area contributed by atoms with Gasteiger partial charge in [-0.15, -0.1) is 0 Å². The quantitative estimate of drug-likeness (QED) is 0.536. The summed E-state index contributed by atoms with van der Waals surface area (Å²) in [5.41, 5.74) is 1.15. The molecule has 1 rings (SSSR count). The number of methoxy groups -OCH3 is 2. The highest BCUT2D eigenvalue weighted by Crippen LogP contribution is 2.00. The molecular formula is C12H16O2Si. The first kappa shape index (κ1) is 12.2. The molecule has 15 heavy (non-hydrogen) atoms. The fourth-order valence-electron chi connectivity index (χ4n) is 1.20. The molecule has 0 spiro atoms. The minimum atomic E-state index is -0.0950. The highest BCUT2D eigenvalue weighted by Gasteiger charge is 2.05. The van der Waals surface area contributed by atoms with Gasteiger partial charge in [0.1, 0.15) is 0 Å². The lowest BCUT2D eigenvalue weighted by molar-refractivity contribution is -0.0874. The van der Waals surface area contributed by atoms with Gasteiger partial charge in [0.25, 0.3) is 0 Å². The SMILES string of the molecule is C=Cc1ccc([Si]CC(OC)OC)cc1. The number of hydrogen-bond acceptors (Lipinski definition) is 2. The van der Waals surface area contributed by atoms with E-state index in [0.717, 1.165) is 11.6 Å². The van der Waals surface area contributed by atoms with E-state index in [4.69, 9.17) is 9.47 Å². The molecule has 0 saturated carbocycles. The van der Waals surface area contributed by atoms with Gasteiger partial charge in [-0.1, -0.05) is 42.1 Å². The van der Waals surface area contributed by atoms with Crippen molar-refractivity contribution in [3.05, 3.63) is 36.4 Å². The number of hydrogen-bond donors (Lipinski definition) is 0. The van der Waals surface area contributed by atoms with Crippen LogP contribution in [0.5, 0.6) is 0 Å². The molecule has 0 aliphatic heterocycles. The van der Waals surface area contributed by atoms with Crippen LogP contribution in [0.25, 0.3) is 6.08 Å². The van der Waals surface area contributed by atoms with Crippen LogP contribution in [0, 0.1) is 0 Å². The Bertz CT molecular complexity index is 291. The van der Waals surface area contributed by atoms with E-state index in [-0.39, 0.29) is 6.29 Å². The zero-order valence-electron chi connectivity index (χ0n) is 9.19. The molecule has 0 N–H and O–H groups in total. The molecule has 2 radical (unpaired) electrons. The molecule has 2 nitrogen and oxygen atoms in total. The van der Waals surface area contributed by atoms with Crippen LogP contribution in [0.4, 0.5) is 0 Å². The predicted molar refractivity (Wildman–Crippen MR) is 64.5 cm³/mol. The first-order valence-corrected chi connectivity index (χ1v) is 6.03. The molecule has 0 aromatic heterocycles. The zero-order valence-corrected chi connectivity index (χ0v) is 10.2. The zero-order chi connectivity index (χ0) is 11.1. The molecular weight excluding hydrogens is 204 g/mol. The molecule has 0 amide bonds. The Hall–Kier alpha value is -0.903. The standard InChI is InChI=1S/C12H16O2Si/c1-4-10-5-7-11(8-6-10)15-9-12(13-2)14-3/h4-8,12H,1,9H2,2-3H3. The maximum absolute atomic E-state index is 5.13. The second-order valence-electron chi connectivity index (χ2n) is 3.11. The van der Waals surface area contributed by atoms with Crippen LogP contribution in [0.3, 0.4) is 0 Å². The van der Waals surface area contributed by atoms with Crippen LogP contribution in [0.1, 0.15) is 5.56 Å². The summed E-state index contributed by atoms with van der Waals surface area (Å²) in [5.74, 6) is 0. The van der Waals surface area contributed by atoms with Crippen molar-refractivity contribution < 1.29 is 9.47 Å². The van der Waals surface area contributed by atoms with E-state index in [9.17, 15) is 0 Å². The van der Waals surface area contributed by atoms with Gasteiger partial charge in [-0.05, 0) is 11.6 Å². The van der Waals surface area contributed by atoms with Gasteiger partial charge in [0.2, 0.25) is 0 Å². The fraction of sp³-hybridized carbons (Fsp3) is 0.333. The van der Waals surface area contributed by atoms with Gasteiger partial charge in [0.05, 0.1) is 9.52 Å². The van der Waals surface area contributed by atoms with Crippen molar-refractivity contribution in [3.63, 3.8) is 0 Å². The van der Waals surface area contributed by atoms with Crippen LogP contribution in [0.2, 0.25) is 6.04 Å². The summed E-state index contributed by atoms with van der Waals surface area (Å²) in [5, 5.41) is 1.32. The molecule has 1 aromatic rings. The van der Waals surface area contributed by atoms with Crippen molar-refractivity contribution in [1.29, 1.82) is 0 Å². The van der Waals surface area contributed by atoms with E-state index in [1.807, 2.05) is 6.08 Å². The third-order valence-corrected chi connectivity index (χ3v) is 3.42. The Morgan fingerprint density at radius 1 is 1.27 bits per heavy atom. The Kier molecular flexibility index (Phi) is 5.32. The maximum atomic E-state index is 5.13. The van der Waals surface area contributed by atoms with Gasteiger partial charge in [-0.25, -0.2) is 0 Å². The number of ether oxygens (including phenoxy) is 2. The van der Waals surface area contributed by atoms with Gasteiger partial charge in [0.15, 0.2) is 6.29 Å². The largest absolute Gasteiger partial charge is 0.356 e. The molecule has 0 atom stereocenters. The van der Waals surface area contributed by atoms with Crippen LogP contribution < -0.4 is 5.19 Å². The van der Waals surface area contributed by atoms with Gasteiger partial charge >= 0.3 is 0 Å². The molecule has 0 bridgehead atoms. The summed E-state index contributed by atoms with van der Waals surface area (Å²) >= 11 is 0. The summed E-state index contributed by atoms with van der Waals surface area (Å²) in [4.78, 5) is 0. The van der Waals surface area contributed by atoms with Gasteiger partial charge in [0, 0.05) is 14.2 Å². The summed E-state index contributed by atoms with van der Waals surface area (Å²) in [6, 6.07) is 9.30. The summed E-state index contributed by atoms with van der Waals surface area (Å²) in [6.45, 7) is 3.72. The van der Waals surface area contributed by atoms with E-state index in [1.54, 1.807) is 14.2 Å². The van der Waals surface area contributed by atoms with Gasteiger partial charge in [-0.3, -0.25) is 0 Å². The lowest BCUT2D eigenvalue weighted by atomic mass is 10.2. The van der Waals surface area contributed by atoms with Crippen LogP contribution >= 0.6 is 0 Å². The third-order valence-electron chi connectivity index (χ3n) is 2.15. The lowest BCUT2D eigenvalue weighted by Crippen LogP contribution is -2.22. The second kappa shape index (κ2) is 6.56. The second-order valence-corrected chi connectivity index (χ2v) is 4.45. The van der Waals surface area contributed by atoms with E-state index in [2.05, 4.69) is 30.8 Å². The van der Waals surface area contributed by atoms with Crippen LogP contribution in [-0.2, 0) is 9.47 Å². The molecule has 0 saturated heterocycles. The molecule has 0 fully saturated rings. The van der Waals surface area contributed by atoms with Crippen LogP contribution in [0.15, 0.2) is 30.8 Å². The third kappa shape index (κ3) is 3.99. The van der Waals surface area contributed by atoms with Crippen molar-refractivity contribution >= 4 is 20.8 Å². The number of rotatable bonds is 6. The summed E-state index contributed by atoms with van der Waals surface area (Å²) in [6.07, 6.45) is 1.75. The highest BCUT2D eigenvalue weighted by molar-refractivity contribution is 6.53. The van der Waals surface area contributed by atoms with Gasteiger partial charge < -0.3 is 9.47 Å². The lowest BCUT2D eigenvalue weighted by Gasteiger charge is -2.12. The minimum absolute atomic E-state index is 0.0950. The van der Waals surface area contributed by atoms with Crippen molar-refractivity contribution in [2.45, 2.75) is 12.3 Å². The van der Waals surface area contributed by atoms with Crippen LogP contribution in [-0.4, -0.2) is 30.0 Å². The Morgan fingerprint density at radius 3 is 2.33 bits per heavy atom. The molecule has 0 unspecified atom stereocenters. The first-order valence-electron chi connectivity index (χ1n) is 4.82. The monoisotopic (exact) mass is 220 g/mol. The smallest absolute Gasteiger partial charge is 0.154 e. The molecule has 1 aromatic carbocycles.